The Morgan fingerprint density at radius 1 is 1.38 bits per heavy atom. The summed E-state index contributed by atoms with van der Waals surface area (Å²) in [5, 5.41) is 5.77. The number of halogens is 2. The van der Waals surface area contributed by atoms with Gasteiger partial charge in [-0.25, -0.2) is 0 Å². The number of thioether (sulfide) groups is 1. The summed E-state index contributed by atoms with van der Waals surface area (Å²) in [6, 6.07) is 3.43. The zero-order valence-electron chi connectivity index (χ0n) is 11.9. The van der Waals surface area contributed by atoms with Gasteiger partial charge in [-0.3, -0.25) is 4.79 Å². The second-order valence-corrected chi connectivity index (χ2v) is 5.19. The lowest BCUT2D eigenvalue weighted by Crippen LogP contribution is -2.29. The van der Waals surface area contributed by atoms with E-state index in [0.717, 1.165) is 0 Å². The van der Waals surface area contributed by atoms with Crippen molar-refractivity contribution in [1.82, 2.24) is 10.6 Å². The first-order valence-electron chi connectivity index (χ1n) is 6.55. The molecule has 0 aliphatic rings. The lowest BCUT2D eigenvalue weighted by molar-refractivity contribution is -0.121. The smallest absolute Gasteiger partial charge is 0.284 e. The number of hydrogen-bond acceptors (Lipinski definition) is 5. The van der Waals surface area contributed by atoms with Gasteiger partial charge in [-0.1, -0.05) is 11.8 Å². The van der Waals surface area contributed by atoms with Gasteiger partial charge in [0.15, 0.2) is 0 Å². The van der Waals surface area contributed by atoms with Gasteiger partial charge in [0, 0.05) is 26.6 Å². The molecule has 0 spiro atoms. The summed E-state index contributed by atoms with van der Waals surface area (Å²) in [4.78, 5) is 11.4. The van der Waals surface area contributed by atoms with Crippen LogP contribution in [0.2, 0.25) is 0 Å². The van der Waals surface area contributed by atoms with Crippen LogP contribution in [-0.4, -0.2) is 38.5 Å². The van der Waals surface area contributed by atoms with Gasteiger partial charge in [0.05, 0.1) is 18.9 Å². The third kappa shape index (κ3) is 8.69. The third-order valence-electron chi connectivity index (χ3n) is 2.53. The summed E-state index contributed by atoms with van der Waals surface area (Å²) in [5.41, 5.74) is 0. The van der Waals surface area contributed by atoms with E-state index in [2.05, 4.69) is 10.6 Å². The Bertz CT molecular complexity index is 416. The number of ether oxygens (including phenoxy) is 1. The van der Waals surface area contributed by atoms with Gasteiger partial charge in [0.2, 0.25) is 5.91 Å². The molecule has 0 aromatic carbocycles. The number of amides is 1. The van der Waals surface area contributed by atoms with Crippen LogP contribution >= 0.6 is 11.8 Å². The van der Waals surface area contributed by atoms with E-state index in [4.69, 9.17) is 9.15 Å². The van der Waals surface area contributed by atoms with Crippen LogP contribution in [0.4, 0.5) is 8.78 Å². The standard InChI is InChI=1S/C13H20F2N2O3S/c1-19-7-6-17-12(18)4-5-16-8-10-2-3-11(20-10)9-21-13(14)15/h2-3,13,16H,4-9H2,1H3,(H,17,18). The van der Waals surface area contributed by atoms with Gasteiger partial charge in [0.25, 0.3) is 5.76 Å². The van der Waals surface area contributed by atoms with Crippen molar-refractivity contribution in [3.05, 3.63) is 23.7 Å². The number of alkyl halides is 2. The van der Waals surface area contributed by atoms with E-state index in [1.807, 2.05) is 0 Å². The molecule has 0 saturated carbocycles. The van der Waals surface area contributed by atoms with Crippen LogP contribution in [0, 0.1) is 0 Å². The molecule has 1 aromatic rings. The molecular formula is C13H20F2N2O3S. The van der Waals surface area contributed by atoms with E-state index >= 15 is 0 Å². The summed E-state index contributed by atoms with van der Waals surface area (Å²) >= 11 is 0.529. The van der Waals surface area contributed by atoms with E-state index in [0.29, 0.717) is 55.9 Å². The number of hydrogen-bond donors (Lipinski definition) is 2. The highest BCUT2D eigenvalue weighted by Gasteiger charge is 2.07. The second-order valence-electron chi connectivity index (χ2n) is 4.21. The van der Waals surface area contributed by atoms with Crippen molar-refractivity contribution in [3.63, 3.8) is 0 Å². The molecule has 0 unspecified atom stereocenters. The van der Waals surface area contributed by atoms with Crippen LogP contribution in [0.25, 0.3) is 0 Å². The molecule has 5 nitrogen and oxygen atoms in total. The number of methoxy groups -OCH3 is 1. The highest BCUT2D eigenvalue weighted by atomic mass is 32.2. The van der Waals surface area contributed by atoms with Crippen molar-refractivity contribution in [2.45, 2.75) is 24.5 Å². The lowest BCUT2D eigenvalue weighted by Gasteiger charge is -2.05. The minimum atomic E-state index is -2.40. The zero-order valence-corrected chi connectivity index (χ0v) is 12.7. The van der Waals surface area contributed by atoms with Crippen LogP contribution in [0.5, 0.6) is 0 Å². The van der Waals surface area contributed by atoms with E-state index < -0.39 is 5.76 Å². The van der Waals surface area contributed by atoms with Crippen LogP contribution < -0.4 is 10.6 Å². The van der Waals surface area contributed by atoms with Crippen molar-refractivity contribution in [3.8, 4) is 0 Å². The highest BCUT2D eigenvalue weighted by Crippen LogP contribution is 2.21. The maximum absolute atomic E-state index is 12.0. The molecule has 120 valence electrons. The topological polar surface area (TPSA) is 63.5 Å². The number of carbonyl (C=O) groups is 1. The fourth-order valence-corrected chi connectivity index (χ4v) is 1.98. The first kappa shape index (κ1) is 17.9. The largest absolute Gasteiger partial charge is 0.464 e. The average molecular weight is 322 g/mol. The Kier molecular flexibility index (Phi) is 9.04. The number of carbonyl (C=O) groups excluding carboxylic acids is 1. The normalized spacial score (nSPS) is 11.0. The zero-order chi connectivity index (χ0) is 15.5. The summed E-state index contributed by atoms with van der Waals surface area (Å²) in [5.74, 6) is -1.10. The molecule has 0 saturated heterocycles. The molecule has 0 aliphatic heterocycles. The summed E-state index contributed by atoms with van der Waals surface area (Å²) in [6.45, 7) is 1.97. The molecule has 0 bridgehead atoms. The Morgan fingerprint density at radius 3 is 2.86 bits per heavy atom. The molecule has 1 aromatic heterocycles. The molecule has 0 aliphatic carbocycles. The van der Waals surface area contributed by atoms with Gasteiger partial charge >= 0.3 is 0 Å². The third-order valence-corrected chi connectivity index (χ3v) is 3.23. The van der Waals surface area contributed by atoms with Crippen molar-refractivity contribution in [2.24, 2.45) is 0 Å². The second kappa shape index (κ2) is 10.6. The fourth-order valence-electron chi connectivity index (χ4n) is 1.53. The van der Waals surface area contributed by atoms with Crippen LogP contribution in [0.3, 0.4) is 0 Å². The van der Waals surface area contributed by atoms with Crippen LogP contribution in [0.15, 0.2) is 16.5 Å². The molecular weight excluding hydrogens is 302 g/mol. The minimum Gasteiger partial charge on any atom is -0.464 e. The van der Waals surface area contributed by atoms with Gasteiger partial charge in [-0.05, 0) is 12.1 Å². The number of rotatable bonds is 11. The Labute approximate surface area is 126 Å². The quantitative estimate of drug-likeness (QED) is 0.610. The van der Waals surface area contributed by atoms with E-state index in [9.17, 15) is 13.6 Å². The molecule has 1 heterocycles. The highest BCUT2D eigenvalue weighted by molar-refractivity contribution is 7.98. The summed E-state index contributed by atoms with van der Waals surface area (Å²) in [6.07, 6.45) is 0.360. The predicted molar refractivity (Wildman–Crippen MR) is 77.2 cm³/mol. The number of furan rings is 1. The average Bonchev–Trinajstić information content (AvgIpc) is 2.89. The molecule has 1 amide bonds. The maximum atomic E-state index is 12.0. The Balaban J connectivity index is 2.11. The Morgan fingerprint density at radius 2 is 2.14 bits per heavy atom. The monoisotopic (exact) mass is 322 g/mol. The molecule has 21 heavy (non-hydrogen) atoms. The van der Waals surface area contributed by atoms with Gasteiger partial charge in [0.1, 0.15) is 11.5 Å². The summed E-state index contributed by atoms with van der Waals surface area (Å²) in [7, 11) is 1.57. The van der Waals surface area contributed by atoms with Crippen molar-refractivity contribution in [2.75, 3.05) is 26.8 Å². The van der Waals surface area contributed by atoms with Crippen molar-refractivity contribution in [1.29, 1.82) is 0 Å². The first-order chi connectivity index (χ1) is 10.1. The van der Waals surface area contributed by atoms with E-state index in [1.54, 1.807) is 19.2 Å². The fraction of sp³-hybridized carbons (Fsp3) is 0.615. The first-order valence-corrected chi connectivity index (χ1v) is 7.60. The van der Waals surface area contributed by atoms with E-state index in [1.165, 1.54) is 0 Å². The van der Waals surface area contributed by atoms with Gasteiger partial charge < -0.3 is 19.8 Å². The molecule has 0 radical (unpaired) electrons. The maximum Gasteiger partial charge on any atom is 0.284 e. The van der Waals surface area contributed by atoms with Crippen LogP contribution in [0.1, 0.15) is 17.9 Å². The predicted octanol–water partition coefficient (Wildman–Crippen LogP) is 1.98. The lowest BCUT2D eigenvalue weighted by atomic mass is 10.3. The van der Waals surface area contributed by atoms with Crippen molar-refractivity contribution >= 4 is 17.7 Å². The van der Waals surface area contributed by atoms with E-state index in [-0.39, 0.29) is 11.7 Å². The molecule has 0 atom stereocenters. The SMILES string of the molecule is COCCNC(=O)CCNCc1ccc(CSC(F)F)o1. The number of nitrogens with one attached hydrogen (secondary N) is 2. The molecule has 8 heteroatoms. The summed E-state index contributed by atoms with van der Waals surface area (Å²) < 4.78 is 34.3. The minimum absolute atomic E-state index is 0.0481. The molecule has 1 rings (SSSR count). The van der Waals surface area contributed by atoms with Crippen molar-refractivity contribution < 1.29 is 22.7 Å². The Hall–Kier alpha value is -1.12. The van der Waals surface area contributed by atoms with Gasteiger partial charge in [-0.2, -0.15) is 8.78 Å². The molecule has 2 N–H and O–H groups in total. The molecule has 0 fully saturated rings. The van der Waals surface area contributed by atoms with Gasteiger partial charge in [-0.15, -0.1) is 0 Å². The van der Waals surface area contributed by atoms with Crippen LogP contribution in [-0.2, 0) is 21.8 Å².